The Morgan fingerprint density at radius 3 is 2.57 bits per heavy atom. The third-order valence-corrected chi connectivity index (χ3v) is 5.73. The van der Waals surface area contributed by atoms with E-state index >= 15 is 0 Å². The summed E-state index contributed by atoms with van der Waals surface area (Å²) in [6.07, 6.45) is 2.26. The van der Waals surface area contributed by atoms with Crippen LogP contribution in [0.1, 0.15) is 69.1 Å². The normalized spacial score (nSPS) is 14.1. The molecule has 1 atom stereocenters. The van der Waals surface area contributed by atoms with Gasteiger partial charge in [-0.2, -0.15) is 13.2 Å². The molecule has 35 heavy (non-hydrogen) atoms. The Kier molecular flexibility index (Phi) is 11.2. The van der Waals surface area contributed by atoms with Crippen molar-refractivity contribution in [2.24, 2.45) is 0 Å². The Morgan fingerprint density at radius 2 is 1.94 bits per heavy atom. The number of ether oxygens (including phenoxy) is 2. The molecule has 0 saturated carbocycles. The van der Waals surface area contributed by atoms with Crippen LogP contribution in [0.15, 0.2) is 18.2 Å². The lowest BCUT2D eigenvalue weighted by molar-refractivity contribution is -0.137. The monoisotopic (exact) mass is 497 g/mol. The van der Waals surface area contributed by atoms with Crippen molar-refractivity contribution >= 4 is 12.3 Å². The number of aromatic nitrogens is 2. The van der Waals surface area contributed by atoms with Gasteiger partial charge in [0.1, 0.15) is 17.3 Å². The van der Waals surface area contributed by atoms with Crippen molar-refractivity contribution in [1.29, 1.82) is 0 Å². The van der Waals surface area contributed by atoms with Gasteiger partial charge in [0.25, 0.3) is 6.47 Å². The molecule has 1 aliphatic rings. The highest BCUT2D eigenvalue weighted by atomic mass is 19.4. The van der Waals surface area contributed by atoms with E-state index in [0.717, 1.165) is 43.4 Å². The van der Waals surface area contributed by atoms with Crippen LogP contribution in [0.4, 0.5) is 19.0 Å². The molecule has 10 heteroatoms. The number of unbranched alkanes of at least 4 members (excludes halogenated alkanes) is 2. The SMILES string of the molecule is CCCCCC(CC)Nc1cc2c(nn1)-c1c(O)cc(C(F)(F)F)cc1COCCC2.COC=O. The molecule has 0 aliphatic carbocycles. The van der Waals surface area contributed by atoms with Gasteiger partial charge in [-0.3, -0.25) is 4.79 Å². The van der Waals surface area contributed by atoms with E-state index in [1.807, 2.05) is 6.07 Å². The van der Waals surface area contributed by atoms with E-state index in [4.69, 9.17) is 9.53 Å². The molecule has 0 radical (unpaired) electrons. The number of hydrogen-bond donors (Lipinski definition) is 2. The number of benzene rings is 1. The van der Waals surface area contributed by atoms with Crippen molar-refractivity contribution in [1.82, 2.24) is 10.2 Å². The minimum Gasteiger partial charge on any atom is -0.507 e. The number of alkyl halides is 3. The van der Waals surface area contributed by atoms with E-state index in [1.54, 1.807) is 0 Å². The molecule has 1 aromatic heterocycles. The average molecular weight is 498 g/mol. The van der Waals surface area contributed by atoms with E-state index in [9.17, 15) is 18.3 Å². The largest absolute Gasteiger partial charge is 0.507 e. The first-order valence-electron chi connectivity index (χ1n) is 11.9. The van der Waals surface area contributed by atoms with Gasteiger partial charge in [-0.05, 0) is 55.0 Å². The van der Waals surface area contributed by atoms with Gasteiger partial charge in [0.05, 0.1) is 19.3 Å². The second kappa shape index (κ2) is 13.9. The highest BCUT2D eigenvalue weighted by Gasteiger charge is 2.33. The predicted molar refractivity (Wildman–Crippen MR) is 127 cm³/mol. The topological polar surface area (TPSA) is 93.6 Å². The molecule has 1 unspecified atom stereocenters. The van der Waals surface area contributed by atoms with Crippen LogP contribution in [0.2, 0.25) is 0 Å². The molecule has 3 rings (SSSR count). The van der Waals surface area contributed by atoms with E-state index in [1.165, 1.54) is 13.5 Å². The number of fused-ring (bicyclic) bond motifs is 3. The smallest absolute Gasteiger partial charge is 0.416 e. The van der Waals surface area contributed by atoms with Crippen LogP contribution < -0.4 is 5.32 Å². The Hall–Kier alpha value is -2.88. The summed E-state index contributed by atoms with van der Waals surface area (Å²) in [4.78, 5) is 8.95. The molecule has 2 aromatic rings. The maximum Gasteiger partial charge on any atom is 0.416 e. The zero-order valence-electron chi connectivity index (χ0n) is 20.5. The third-order valence-electron chi connectivity index (χ3n) is 5.73. The fourth-order valence-electron chi connectivity index (χ4n) is 3.91. The van der Waals surface area contributed by atoms with Crippen molar-refractivity contribution in [3.63, 3.8) is 0 Å². The fraction of sp³-hybridized carbons (Fsp3) is 0.560. The number of phenolic OH excluding ortho intramolecular Hbond substituents is 1. The van der Waals surface area contributed by atoms with Gasteiger partial charge in [-0.1, -0.05) is 33.1 Å². The first-order chi connectivity index (χ1) is 16.7. The molecule has 1 aromatic carbocycles. The summed E-state index contributed by atoms with van der Waals surface area (Å²) < 4.78 is 49.1. The van der Waals surface area contributed by atoms with Gasteiger partial charge in [0.15, 0.2) is 0 Å². The number of rotatable bonds is 8. The van der Waals surface area contributed by atoms with Crippen molar-refractivity contribution in [2.45, 2.75) is 77.6 Å². The Balaban J connectivity index is 0.00000100. The minimum absolute atomic E-state index is 0.0245. The summed E-state index contributed by atoms with van der Waals surface area (Å²) in [6, 6.07) is 3.96. The van der Waals surface area contributed by atoms with Crippen LogP contribution in [0, 0.1) is 0 Å². The molecule has 1 aliphatic heterocycles. The number of aryl methyl sites for hydroxylation is 1. The van der Waals surface area contributed by atoms with Crippen LogP contribution in [0.25, 0.3) is 11.3 Å². The summed E-state index contributed by atoms with van der Waals surface area (Å²) in [5.41, 5.74) is 0.867. The van der Waals surface area contributed by atoms with Gasteiger partial charge in [0, 0.05) is 18.2 Å². The maximum atomic E-state index is 13.2. The molecular formula is C25H34F3N3O4. The Labute approximate surface area is 204 Å². The molecule has 0 amide bonds. The number of phenols is 1. The number of nitrogens with zero attached hydrogens (tertiary/aromatic N) is 2. The summed E-state index contributed by atoms with van der Waals surface area (Å²) >= 11 is 0. The van der Waals surface area contributed by atoms with Gasteiger partial charge >= 0.3 is 6.18 Å². The third kappa shape index (κ3) is 8.38. The standard InChI is InChI=1S/C23H30F3N3O2.C2H4O2/c1-3-5-6-9-18(4-2)27-20-12-15-8-7-10-31-14-16-11-17(23(24,25)26)13-19(30)21(16)22(15)29-28-20;1-4-2-3/h11-13,18,30H,3-10,14H2,1-2H3,(H,27,28);2H,1H3. The number of methoxy groups -OCH3 is 1. The first-order valence-corrected chi connectivity index (χ1v) is 11.9. The number of anilines is 1. The van der Waals surface area contributed by atoms with Crippen molar-refractivity contribution < 1.29 is 32.5 Å². The van der Waals surface area contributed by atoms with Gasteiger partial charge in [-0.25, -0.2) is 0 Å². The highest BCUT2D eigenvalue weighted by molar-refractivity contribution is 5.74. The second-order valence-electron chi connectivity index (χ2n) is 8.36. The summed E-state index contributed by atoms with van der Waals surface area (Å²) in [7, 11) is 1.31. The lowest BCUT2D eigenvalue weighted by Gasteiger charge is -2.19. The molecule has 2 heterocycles. The van der Waals surface area contributed by atoms with Crippen LogP contribution in [0.5, 0.6) is 5.75 Å². The van der Waals surface area contributed by atoms with Crippen molar-refractivity contribution in [3.05, 3.63) is 34.9 Å². The molecule has 0 bridgehead atoms. The second-order valence-corrected chi connectivity index (χ2v) is 8.36. The molecule has 2 N–H and O–H groups in total. The molecule has 7 nitrogen and oxygen atoms in total. The fourth-order valence-corrected chi connectivity index (χ4v) is 3.91. The van der Waals surface area contributed by atoms with E-state index in [2.05, 4.69) is 34.1 Å². The highest BCUT2D eigenvalue weighted by Crippen LogP contribution is 2.40. The first kappa shape index (κ1) is 28.4. The van der Waals surface area contributed by atoms with Gasteiger partial charge in [0.2, 0.25) is 0 Å². The lowest BCUT2D eigenvalue weighted by atomic mass is 9.96. The minimum atomic E-state index is -4.56. The maximum absolute atomic E-state index is 13.2. The molecule has 0 fully saturated rings. The number of nitrogens with one attached hydrogen (secondary N) is 1. The number of halogens is 3. The van der Waals surface area contributed by atoms with Gasteiger partial charge < -0.3 is 19.9 Å². The van der Waals surface area contributed by atoms with Crippen molar-refractivity contribution in [3.8, 4) is 17.0 Å². The lowest BCUT2D eigenvalue weighted by Crippen LogP contribution is -2.19. The summed E-state index contributed by atoms with van der Waals surface area (Å²) in [6.45, 7) is 5.06. The zero-order chi connectivity index (χ0) is 25.8. The number of aromatic hydroxyl groups is 1. The number of carbonyl (C=O) groups excluding carboxylic acids is 1. The Morgan fingerprint density at radius 1 is 1.20 bits per heavy atom. The Bertz CT molecular complexity index is 954. The van der Waals surface area contributed by atoms with Gasteiger partial charge in [-0.15, -0.1) is 10.2 Å². The summed E-state index contributed by atoms with van der Waals surface area (Å²) in [5.74, 6) is 0.188. The van der Waals surface area contributed by atoms with Crippen LogP contribution in [0.3, 0.4) is 0 Å². The van der Waals surface area contributed by atoms with E-state index in [-0.39, 0.29) is 23.8 Å². The number of hydrogen-bond acceptors (Lipinski definition) is 7. The predicted octanol–water partition coefficient (Wildman–Crippen LogP) is 5.89. The molecule has 0 saturated heterocycles. The van der Waals surface area contributed by atoms with Crippen molar-refractivity contribution in [2.75, 3.05) is 19.0 Å². The molecular weight excluding hydrogens is 463 g/mol. The summed E-state index contributed by atoms with van der Waals surface area (Å²) in [5, 5.41) is 22.5. The van der Waals surface area contributed by atoms with Crippen LogP contribution in [-0.4, -0.2) is 41.5 Å². The molecule has 194 valence electrons. The quantitative estimate of drug-likeness (QED) is 0.347. The van der Waals surface area contributed by atoms with Crippen LogP contribution in [-0.2, 0) is 33.5 Å². The van der Waals surface area contributed by atoms with E-state index < -0.39 is 17.5 Å². The number of carbonyl (C=O) groups is 1. The average Bonchev–Trinajstić information content (AvgIpc) is 2.91. The van der Waals surface area contributed by atoms with E-state index in [0.29, 0.717) is 37.4 Å². The van der Waals surface area contributed by atoms with Crippen LogP contribution >= 0.6 is 0 Å². The zero-order valence-corrected chi connectivity index (χ0v) is 20.5. The molecule has 0 spiro atoms.